The summed E-state index contributed by atoms with van der Waals surface area (Å²) >= 11 is 0. The fraction of sp³-hybridized carbons (Fsp3) is 0.294. The fourth-order valence-electron chi connectivity index (χ4n) is 2.00. The van der Waals surface area contributed by atoms with Gasteiger partial charge in [-0.3, -0.25) is 9.59 Å². The second kappa shape index (κ2) is 7.45. The van der Waals surface area contributed by atoms with Gasteiger partial charge < -0.3 is 14.5 Å². The Balaban J connectivity index is 2.05. The lowest BCUT2D eigenvalue weighted by molar-refractivity contribution is 0.0993. The zero-order chi connectivity index (χ0) is 15.9. The van der Waals surface area contributed by atoms with Crippen LogP contribution in [-0.2, 0) is 6.42 Å². The highest BCUT2D eigenvalue weighted by atomic mass is 16.5. The highest BCUT2D eigenvalue weighted by molar-refractivity contribution is 6.02. The maximum Gasteiger partial charge on any atom is 0.291 e. The van der Waals surface area contributed by atoms with Crippen LogP contribution in [0.4, 0.5) is 5.69 Å². The van der Waals surface area contributed by atoms with Crippen LogP contribution in [0, 0.1) is 0 Å². The molecule has 5 heteroatoms. The van der Waals surface area contributed by atoms with Crippen molar-refractivity contribution in [1.29, 1.82) is 0 Å². The molecule has 1 aromatic heterocycles. The summed E-state index contributed by atoms with van der Waals surface area (Å²) in [5, 5.41) is 2.69. The normalized spacial score (nSPS) is 10.3. The predicted octanol–water partition coefficient (Wildman–Crippen LogP) is 3.24. The van der Waals surface area contributed by atoms with E-state index in [0.717, 1.165) is 31.6 Å². The van der Waals surface area contributed by atoms with Crippen molar-refractivity contribution in [3.05, 3.63) is 58.1 Å². The molecular weight excluding hydrogens is 282 g/mol. The van der Waals surface area contributed by atoms with E-state index in [2.05, 4.69) is 12.2 Å². The van der Waals surface area contributed by atoms with E-state index in [-0.39, 0.29) is 11.5 Å². The number of carbonyl (C=O) groups excluding carboxylic acids is 1. The average Bonchev–Trinajstić information content (AvgIpc) is 2.54. The number of methoxy groups -OCH3 is 1. The van der Waals surface area contributed by atoms with Crippen LogP contribution >= 0.6 is 0 Å². The minimum absolute atomic E-state index is 0.0548. The van der Waals surface area contributed by atoms with Gasteiger partial charge in [-0.05, 0) is 30.5 Å². The second-order valence-corrected chi connectivity index (χ2v) is 4.93. The largest absolute Gasteiger partial charge is 0.490 e. The molecule has 0 spiro atoms. The summed E-state index contributed by atoms with van der Waals surface area (Å²) in [6, 6.07) is 8.75. The van der Waals surface area contributed by atoms with Crippen LogP contribution in [0.15, 0.2) is 45.8 Å². The first-order chi connectivity index (χ1) is 10.6. The summed E-state index contributed by atoms with van der Waals surface area (Å²) in [7, 11) is 1.37. The molecule has 0 unspecified atom stereocenters. The van der Waals surface area contributed by atoms with Crippen LogP contribution in [0.3, 0.4) is 0 Å². The van der Waals surface area contributed by atoms with Crippen LogP contribution in [0.1, 0.15) is 35.9 Å². The van der Waals surface area contributed by atoms with Gasteiger partial charge in [0.2, 0.25) is 11.2 Å². The van der Waals surface area contributed by atoms with Crippen LogP contribution in [0.25, 0.3) is 0 Å². The number of unbranched alkanes of at least 4 members (excludes halogenated alkanes) is 1. The number of nitrogens with one attached hydrogen (secondary N) is 1. The minimum atomic E-state index is -0.471. The van der Waals surface area contributed by atoms with Gasteiger partial charge in [0, 0.05) is 11.8 Å². The molecular formula is C17H19NO4. The number of hydrogen-bond acceptors (Lipinski definition) is 4. The summed E-state index contributed by atoms with van der Waals surface area (Å²) in [4.78, 5) is 23.6. The molecule has 1 N–H and O–H groups in total. The molecule has 0 aliphatic rings. The van der Waals surface area contributed by atoms with Crippen molar-refractivity contribution < 1.29 is 13.9 Å². The lowest BCUT2D eigenvalue weighted by atomic mass is 10.1. The van der Waals surface area contributed by atoms with Gasteiger partial charge >= 0.3 is 0 Å². The van der Waals surface area contributed by atoms with E-state index in [9.17, 15) is 9.59 Å². The Kier molecular flexibility index (Phi) is 5.36. The predicted molar refractivity (Wildman–Crippen MR) is 84.5 cm³/mol. The third-order valence-corrected chi connectivity index (χ3v) is 3.27. The number of amides is 1. The monoisotopic (exact) mass is 301 g/mol. The molecule has 2 rings (SSSR count). The molecule has 5 nitrogen and oxygen atoms in total. The van der Waals surface area contributed by atoms with Crippen LogP contribution in [0.5, 0.6) is 5.75 Å². The summed E-state index contributed by atoms with van der Waals surface area (Å²) < 4.78 is 9.91. The molecule has 0 aliphatic carbocycles. The van der Waals surface area contributed by atoms with Gasteiger partial charge in [0.1, 0.15) is 6.26 Å². The molecule has 0 atom stereocenters. The van der Waals surface area contributed by atoms with Crippen molar-refractivity contribution in [2.24, 2.45) is 0 Å². The summed E-state index contributed by atoms with van der Waals surface area (Å²) in [6.07, 6.45) is 4.45. The smallest absolute Gasteiger partial charge is 0.291 e. The van der Waals surface area contributed by atoms with E-state index in [1.54, 1.807) is 0 Å². The van der Waals surface area contributed by atoms with E-state index in [4.69, 9.17) is 9.15 Å². The van der Waals surface area contributed by atoms with Crippen molar-refractivity contribution in [3.63, 3.8) is 0 Å². The molecule has 1 aromatic carbocycles. The Morgan fingerprint density at radius 2 is 2.00 bits per heavy atom. The first-order valence-corrected chi connectivity index (χ1v) is 7.21. The number of benzene rings is 1. The van der Waals surface area contributed by atoms with Gasteiger partial charge in [-0.15, -0.1) is 0 Å². The van der Waals surface area contributed by atoms with E-state index in [1.807, 2.05) is 24.3 Å². The Bertz CT molecular complexity index is 689. The van der Waals surface area contributed by atoms with Gasteiger partial charge in [-0.2, -0.15) is 0 Å². The SMILES string of the molecule is CCCCc1ccc(NC(=O)c2cc(=O)c(OC)co2)cc1. The van der Waals surface area contributed by atoms with Gasteiger partial charge in [0.15, 0.2) is 5.76 Å². The van der Waals surface area contributed by atoms with Crippen LogP contribution in [0.2, 0.25) is 0 Å². The van der Waals surface area contributed by atoms with Crippen molar-refractivity contribution in [1.82, 2.24) is 0 Å². The number of carbonyl (C=O) groups is 1. The van der Waals surface area contributed by atoms with Crippen molar-refractivity contribution >= 4 is 11.6 Å². The molecule has 0 saturated carbocycles. The topological polar surface area (TPSA) is 68.5 Å². The number of rotatable bonds is 6. The van der Waals surface area contributed by atoms with Gasteiger partial charge in [-0.1, -0.05) is 25.5 Å². The van der Waals surface area contributed by atoms with Crippen molar-refractivity contribution in [3.8, 4) is 5.75 Å². The maximum atomic E-state index is 12.0. The Labute approximate surface area is 128 Å². The van der Waals surface area contributed by atoms with E-state index >= 15 is 0 Å². The van der Waals surface area contributed by atoms with Gasteiger partial charge in [0.25, 0.3) is 5.91 Å². The first-order valence-electron chi connectivity index (χ1n) is 7.21. The fourth-order valence-corrected chi connectivity index (χ4v) is 2.00. The molecule has 0 saturated heterocycles. The summed E-state index contributed by atoms with van der Waals surface area (Å²) in [5.41, 5.74) is 1.49. The number of aryl methyl sites for hydroxylation is 1. The molecule has 22 heavy (non-hydrogen) atoms. The molecule has 1 heterocycles. The summed E-state index contributed by atoms with van der Waals surface area (Å²) in [5.74, 6) is -0.459. The summed E-state index contributed by atoms with van der Waals surface area (Å²) in [6.45, 7) is 2.15. The quantitative estimate of drug-likeness (QED) is 0.889. The van der Waals surface area contributed by atoms with Crippen LogP contribution < -0.4 is 15.5 Å². The van der Waals surface area contributed by atoms with Gasteiger partial charge in [0.05, 0.1) is 7.11 Å². The lowest BCUT2D eigenvalue weighted by Gasteiger charge is -2.06. The number of ether oxygens (including phenoxy) is 1. The highest BCUT2D eigenvalue weighted by Crippen LogP contribution is 2.13. The highest BCUT2D eigenvalue weighted by Gasteiger charge is 2.11. The van der Waals surface area contributed by atoms with Crippen LogP contribution in [-0.4, -0.2) is 13.0 Å². The third kappa shape index (κ3) is 3.97. The van der Waals surface area contributed by atoms with E-state index in [1.165, 1.54) is 12.7 Å². The first kappa shape index (κ1) is 15.8. The Morgan fingerprint density at radius 1 is 1.27 bits per heavy atom. The van der Waals surface area contributed by atoms with Crippen molar-refractivity contribution in [2.45, 2.75) is 26.2 Å². The minimum Gasteiger partial charge on any atom is -0.490 e. The zero-order valence-corrected chi connectivity index (χ0v) is 12.7. The molecule has 1 amide bonds. The average molecular weight is 301 g/mol. The molecule has 2 aromatic rings. The third-order valence-electron chi connectivity index (χ3n) is 3.27. The molecule has 0 fully saturated rings. The number of anilines is 1. The molecule has 116 valence electrons. The van der Waals surface area contributed by atoms with Crippen molar-refractivity contribution in [2.75, 3.05) is 12.4 Å². The second-order valence-electron chi connectivity index (χ2n) is 4.93. The molecule has 0 aliphatic heterocycles. The van der Waals surface area contributed by atoms with Gasteiger partial charge in [-0.25, -0.2) is 0 Å². The molecule has 0 radical (unpaired) electrons. The molecule has 0 bridgehead atoms. The number of hydrogen-bond donors (Lipinski definition) is 1. The zero-order valence-electron chi connectivity index (χ0n) is 12.7. The van der Waals surface area contributed by atoms with E-state index < -0.39 is 11.3 Å². The maximum absolute atomic E-state index is 12.0. The standard InChI is InChI=1S/C17H19NO4/c1-3-4-5-12-6-8-13(9-7-12)18-17(20)15-10-14(19)16(21-2)11-22-15/h6-11H,3-5H2,1-2H3,(H,18,20). The lowest BCUT2D eigenvalue weighted by Crippen LogP contribution is -2.15. The van der Waals surface area contributed by atoms with E-state index in [0.29, 0.717) is 5.69 Å². The Morgan fingerprint density at radius 3 is 2.59 bits per heavy atom. The Hall–Kier alpha value is -2.56.